The second-order valence-electron chi connectivity index (χ2n) is 5.45. The third kappa shape index (κ3) is 5.54. The zero-order valence-corrected chi connectivity index (χ0v) is 13.4. The Morgan fingerprint density at radius 2 is 1.77 bits per heavy atom. The largest absolute Gasteiger partial charge is 0.497 e. The van der Waals surface area contributed by atoms with E-state index < -0.39 is 0 Å². The first-order valence-corrected chi connectivity index (χ1v) is 7.62. The van der Waals surface area contributed by atoms with E-state index in [2.05, 4.69) is 22.2 Å². The fourth-order valence-electron chi connectivity index (χ4n) is 2.30. The Morgan fingerprint density at radius 1 is 1.14 bits per heavy atom. The molecule has 1 fully saturated rings. The van der Waals surface area contributed by atoms with Crippen molar-refractivity contribution >= 4 is 5.91 Å². The first-order chi connectivity index (χ1) is 10.7. The van der Waals surface area contributed by atoms with Crippen LogP contribution < -0.4 is 14.8 Å². The number of hydrogen-bond acceptors (Lipinski definition) is 5. The van der Waals surface area contributed by atoms with Crippen LogP contribution in [0, 0.1) is 0 Å². The van der Waals surface area contributed by atoms with Crippen molar-refractivity contribution in [1.82, 2.24) is 15.1 Å². The van der Waals surface area contributed by atoms with Gasteiger partial charge in [0.25, 0.3) is 0 Å². The highest BCUT2D eigenvalue weighted by molar-refractivity contribution is 5.78. The molecule has 0 radical (unpaired) electrons. The quantitative estimate of drug-likeness (QED) is 0.741. The van der Waals surface area contributed by atoms with Gasteiger partial charge in [0, 0.05) is 26.2 Å². The minimum atomic E-state index is 0.0582. The van der Waals surface area contributed by atoms with Gasteiger partial charge in [0.15, 0.2) is 0 Å². The second kappa shape index (κ2) is 8.60. The highest BCUT2D eigenvalue weighted by atomic mass is 16.5. The number of methoxy groups -OCH3 is 1. The first-order valence-electron chi connectivity index (χ1n) is 7.62. The number of hydrogen-bond donors (Lipinski definition) is 1. The molecule has 0 aliphatic carbocycles. The molecule has 0 aromatic heterocycles. The summed E-state index contributed by atoms with van der Waals surface area (Å²) in [5, 5.41) is 2.89. The van der Waals surface area contributed by atoms with Crippen LogP contribution in [0.1, 0.15) is 0 Å². The number of rotatable bonds is 7. The summed E-state index contributed by atoms with van der Waals surface area (Å²) in [4.78, 5) is 16.3. The van der Waals surface area contributed by atoms with Gasteiger partial charge in [-0.2, -0.15) is 0 Å². The van der Waals surface area contributed by atoms with E-state index in [1.165, 1.54) is 0 Å². The molecule has 1 heterocycles. The lowest BCUT2D eigenvalue weighted by atomic mass is 10.3. The molecule has 1 aliphatic rings. The molecule has 0 unspecified atom stereocenters. The summed E-state index contributed by atoms with van der Waals surface area (Å²) in [6, 6.07) is 7.40. The van der Waals surface area contributed by atoms with Gasteiger partial charge in [0.05, 0.1) is 20.2 Å². The average Bonchev–Trinajstić information content (AvgIpc) is 2.54. The Labute approximate surface area is 132 Å². The van der Waals surface area contributed by atoms with Crippen LogP contribution in [-0.2, 0) is 4.79 Å². The summed E-state index contributed by atoms with van der Waals surface area (Å²) in [7, 11) is 3.74. The number of carbonyl (C=O) groups is 1. The van der Waals surface area contributed by atoms with Gasteiger partial charge in [-0.15, -0.1) is 0 Å². The molecule has 1 N–H and O–H groups in total. The van der Waals surface area contributed by atoms with Crippen LogP contribution in [0.15, 0.2) is 24.3 Å². The molecule has 1 saturated heterocycles. The van der Waals surface area contributed by atoms with Crippen LogP contribution in [-0.4, -0.2) is 75.7 Å². The maximum atomic E-state index is 11.8. The molecule has 0 spiro atoms. The maximum Gasteiger partial charge on any atom is 0.234 e. The summed E-state index contributed by atoms with van der Waals surface area (Å²) in [5.74, 6) is 1.63. The van der Waals surface area contributed by atoms with E-state index in [9.17, 15) is 4.79 Å². The number of nitrogens with one attached hydrogen (secondary N) is 1. The topological polar surface area (TPSA) is 54.0 Å². The van der Waals surface area contributed by atoms with Gasteiger partial charge in [0.1, 0.15) is 18.1 Å². The number of amides is 1. The first kappa shape index (κ1) is 16.6. The summed E-state index contributed by atoms with van der Waals surface area (Å²) in [6.07, 6.45) is 0. The summed E-state index contributed by atoms with van der Waals surface area (Å²) >= 11 is 0. The average molecular weight is 307 g/mol. The molecule has 122 valence electrons. The van der Waals surface area contributed by atoms with Crippen molar-refractivity contribution in [2.45, 2.75) is 0 Å². The number of piperazine rings is 1. The third-order valence-electron chi connectivity index (χ3n) is 3.72. The predicted octanol–water partition coefficient (Wildman–Crippen LogP) is 0.438. The molecule has 2 rings (SSSR count). The molecule has 1 aromatic carbocycles. The number of benzene rings is 1. The van der Waals surface area contributed by atoms with Crippen LogP contribution in [0.5, 0.6) is 11.5 Å². The lowest BCUT2D eigenvalue weighted by Gasteiger charge is -2.31. The Balaban J connectivity index is 1.58. The molecule has 6 nitrogen and oxygen atoms in total. The van der Waals surface area contributed by atoms with Gasteiger partial charge in [-0.3, -0.25) is 9.69 Å². The second-order valence-corrected chi connectivity index (χ2v) is 5.45. The Bertz CT molecular complexity index is 456. The van der Waals surface area contributed by atoms with Crippen molar-refractivity contribution in [1.29, 1.82) is 0 Å². The van der Waals surface area contributed by atoms with E-state index >= 15 is 0 Å². The molecule has 0 bridgehead atoms. The highest BCUT2D eigenvalue weighted by Crippen LogP contribution is 2.16. The van der Waals surface area contributed by atoms with Gasteiger partial charge in [0.2, 0.25) is 5.91 Å². The molecule has 6 heteroatoms. The molecule has 1 aromatic rings. The van der Waals surface area contributed by atoms with Crippen molar-refractivity contribution < 1.29 is 14.3 Å². The monoisotopic (exact) mass is 307 g/mol. The van der Waals surface area contributed by atoms with Crippen molar-refractivity contribution in [3.05, 3.63) is 24.3 Å². The number of nitrogens with zero attached hydrogens (tertiary/aromatic N) is 2. The third-order valence-corrected chi connectivity index (χ3v) is 3.72. The van der Waals surface area contributed by atoms with Crippen molar-refractivity contribution in [2.75, 3.05) is 60.0 Å². The lowest BCUT2D eigenvalue weighted by molar-refractivity contribution is -0.122. The smallest absolute Gasteiger partial charge is 0.234 e. The van der Waals surface area contributed by atoms with Crippen LogP contribution in [0.25, 0.3) is 0 Å². The number of likely N-dealkylation sites (N-methyl/N-ethyl adjacent to an activating group) is 1. The van der Waals surface area contributed by atoms with Crippen molar-refractivity contribution in [2.24, 2.45) is 0 Å². The van der Waals surface area contributed by atoms with E-state index in [-0.39, 0.29) is 5.91 Å². The fraction of sp³-hybridized carbons (Fsp3) is 0.562. The number of carbonyl (C=O) groups excluding carboxylic acids is 1. The van der Waals surface area contributed by atoms with Crippen LogP contribution >= 0.6 is 0 Å². The summed E-state index contributed by atoms with van der Waals surface area (Å²) in [5.41, 5.74) is 0. The van der Waals surface area contributed by atoms with Gasteiger partial charge >= 0.3 is 0 Å². The Morgan fingerprint density at radius 3 is 2.41 bits per heavy atom. The van der Waals surface area contributed by atoms with Crippen molar-refractivity contribution in [3.63, 3.8) is 0 Å². The zero-order chi connectivity index (χ0) is 15.8. The molecule has 0 atom stereocenters. The maximum absolute atomic E-state index is 11.8. The van der Waals surface area contributed by atoms with E-state index in [0.717, 1.165) is 37.7 Å². The highest BCUT2D eigenvalue weighted by Gasteiger charge is 2.16. The number of ether oxygens (including phenoxy) is 2. The lowest BCUT2D eigenvalue weighted by Crippen LogP contribution is -2.48. The van der Waals surface area contributed by atoms with E-state index in [4.69, 9.17) is 9.47 Å². The minimum absolute atomic E-state index is 0.0582. The summed E-state index contributed by atoms with van der Waals surface area (Å²) in [6.45, 7) is 5.38. The van der Waals surface area contributed by atoms with E-state index in [0.29, 0.717) is 19.7 Å². The zero-order valence-electron chi connectivity index (χ0n) is 13.4. The summed E-state index contributed by atoms with van der Waals surface area (Å²) < 4.78 is 10.7. The molecule has 1 aliphatic heterocycles. The van der Waals surface area contributed by atoms with Crippen molar-refractivity contribution in [3.8, 4) is 11.5 Å². The SMILES string of the molecule is COc1ccc(OCCNC(=O)CN2CCN(C)CC2)cc1. The molecule has 0 saturated carbocycles. The minimum Gasteiger partial charge on any atom is -0.497 e. The molecular formula is C16H25N3O3. The van der Waals surface area contributed by atoms with Gasteiger partial charge in [-0.1, -0.05) is 0 Å². The fourth-order valence-corrected chi connectivity index (χ4v) is 2.30. The molecule has 1 amide bonds. The predicted molar refractivity (Wildman–Crippen MR) is 85.4 cm³/mol. The van der Waals surface area contributed by atoms with Crippen LogP contribution in [0.2, 0.25) is 0 Å². The van der Waals surface area contributed by atoms with Crippen LogP contribution in [0.3, 0.4) is 0 Å². The van der Waals surface area contributed by atoms with Gasteiger partial charge in [-0.25, -0.2) is 0 Å². The van der Waals surface area contributed by atoms with Gasteiger partial charge in [-0.05, 0) is 31.3 Å². The normalized spacial score (nSPS) is 16.3. The Kier molecular flexibility index (Phi) is 6.48. The van der Waals surface area contributed by atoms with Crippen LogP contribution in [0.4, 0.5) is 0 Å². The molecule has 22 heavy (non-hydrogen) atoms. The van der Waals surface area contributed by atoms with E-state index in [1.807, 2.05) is 24.3 Å². The molecular weight excluding hydrogens is 282 g/mol. The Hall–Kier alpha value is -1.79. The standard InChI is InChI=1S/C16H25N3O3/c1-18-8-10-19(11-9-18)13-16(20)17-7-12-22-15-5-3-14(21-2)4-6-15/h3-6H,7-13H2,1-2H3,(H,17,20). The van der Waals surface area contributed by atoms with Gasteiger partial charge < -0.3 is 19.7 Å². The van der Waals surface area contributed by atoms with E-state index in [1.54, 1.807) is 7.11 Å².